The van der Waals surface area contributed by atoms with Crippen LogP contribution in [0, 0.1) is 17.8 Å². The van der Waals surface area contributed by atoms with Gasteiger partial charge in [0.15, 0.2) is 0 Å². The lowest BCUT2D eigenvalue weighted by Crippen LogP contribution is -2.60. The zero-order valence-electron chi connectivity index (χ0n) is 13.6. The van der Waals surface area contributed by atoms with Gasteiger partial charge >= 0.3 is 5.97 Å². The van der Waals surface area contributed by atoms with Crippen LogP contribution in [0.3, 0.4) is 0 Å². The van der Waals surface area contributed by atoms with Gasteiger partial charge in [-0.05, 0) is 32.6 Å². The van der Waals surface area contributed by atoms with E-state index < -0.39 is 0 Å². The third-order valence-corrected chi connectivity index (χ3v) is 5.79. The quantitative estimate of drug-likeness (QED) is 0.735. The molecule has 21 heavy (non-hydrogen) atoms. The predicted molar refractivity (Wildman–Crippen MR) is 78.9 cm³/mol. The lowest BCUT2D eigenvalue weighted by atomic mass is 9.64. The van der Waals surface area contributed by atoms with Gasteiger partial charge in [0.2, 0.25) is 0 Å². The molecule has 6 unspecified atom stereocenters. The first-order valence-electron chi connectivity index (χ1n) is 8.35. The van der Waals surface area contributed by atoms with E-state index >= 15 is 0 Å². The molecule has 3 rings (SSSR count). The summed E-state index contributed by atoms with van der Waals surface area (Å²) in [5.74, 6) is 1.03. The molecule has 120 valence electrons. The number of carbonyl (C=O) groups excluding carboxylic acids is 1. The molecule has 0 aromatic carbocycles. The Morgan fingerprint density at radius 2 is 2.14 bits per heavy atom. The third kappa shape index (κ3) is 2.72. The number of hydrogen-bond acceptors (Lipinski definition) is 4. The molecular weight excluding hydrogens is 268 g/mol. The maximum atomic E-state index is 12.0. The van der Waals surface area contributed by atoms with Gasteiger partial charge in [0.05, 0.1) is 17.8 Å². The molecule has 0 amide bonds. The van der Waals surface area contributed by atoms with Crippen LogP contribution < -0.4 is 0 Å². The molecule has 2 aliphatic heterocycles. The van der Waals surface area contributed by atoms with Crippen LogP contribution in [-0.4, -0.2) is 37.0 Å². The second kappa shape index (κ2) is 5.54. The maximum absolute atomic E-state index is 12.0. The van der Waals surface area contributed by atoms with Crippen molar-refractivity contribution in [2.24, 2.45) is 17.8 Å². The van der Waals surface area contributed by atoms with Gasteiger partial charge in [0.25, 0.3) is 0 Å². The largest absolute Gasteiger partial charge is 0.462 e. The first kappa shape index (κ1) is 15.3. The van der Waals surface area contributed by atoms with Crippen molar-refractivity contribution in [2.75, 3.05) is 7.11 Å². The molecule has 4 heteroatoms. The van der Waals surface area contributed by atoms with Crippen molar-refractivity contribution in [3.63, 3.8) is 0 Å². The van der Waals surface area contributed by atoms with Crippen molar-refractivity contribution in [3.8, 4) is 0 Å². The average molecular weight is 296 g/mol. The number of esters is 1. The Morgan fingerprint density at radius 3 is 2.81 bits per heavy atom. The predicted octanol–water partition coefficient (Wildman–Crippen LogP) is 2.94. The van der Waals surface area contributed by atoms with E-state index in [4.69, 9.17) is 14.2 Å². The van der Waals surface area contributed by atoms with Crippen molar-refractivity contribution in [3.05, 3.63) is 0 Å². The van der Waals surface area contributed by atoms with Gasteiger partial charge in [-0.15, -0.1) is 0 Å². The van der Waals surface area contributed by atoms with Crippen molar-refractivity contribution in [1.29, 1.82) is 0 Å². The second-order valence-electron chi connectivity index (χ2n) is 7.53. The number of hydrogen-bond donors (Lipinski definition) is 0. The molecule has 1 aliphatic carbocycles. The van der Waals surface area contributed by atoms with Crippen LogP contribution in [0.4, 0.5) is 0 Å². The topological polar surface area (TPSA) is 44.8 Å². The standard InChI is InChI=1S/C17H28O4/c1-5-10-8-14(18)20-16-11-6-7-17(2,3)21-12(11)9-13(19-4)15(10)16/h10-13,15-16H,5-9H2,1-4H3. The lowest BCUT2D eigenvalue weighted by molar-refractivity contribution is -0.235. The first-order chi connectivity index (χ1) is 9.95. The fourth-order valence-electron chi connectivity index (χ4n) is 4.70. The van der Waals surface area contributed by atoms with Crippen molar-refractivity contribution in [2.45, 2.75) is 76.8 Å². The summed E-state index contributed by atoms with van der Waals surface area (Å²) in [7, 11) is 1.78. The van der Waals surface area contributed by atoms with Crippen LogP contribution in [0.2, 0.25) is 0 Å². The fraction of sp³-hybridized carbons (Fsp3) is 0.941. The summed E-state index contributed by atoms with van der Waals surface area (Å²) in [4.78, 5) is 12.0. The number of carbonyl (C=O) groups is 1. The average Bonchev–Trinajstić information content (AvgIpc) is 2.43. The minimum atomic E-state index is -0.0743. The van der Waals surface area contributed by atoms with E-state index in [1.807, 2.05) is 0 Å². The molecular formula is C17H28O4. The Morgan fingerprint density at radius 1 is 1.38 bits per heavy atom. The van der Waals surface area contributed by atoms with Crippen molar-refractivity contribution < 1.29 is 19.0 Å². The Labute approximate surface area is 127 Å². The van der Waals surface area contributed by atoms with Crippen LogP contribution >= 0.6 is 0 Å². The molecule has 4 nitrogen and oxygen atoms in total. The van der Waals surface area contributed by atoms with Gasteiger partial charge in [-0.2, -0.15) is 0 Å². The molecule has 2 saturated heterocycles. The van der Waals surface area contributed by atoms with Gasteiger partial charge in [0, 0.05) is 31.8 Å². The van der Waals surface area contributed by atoms with E-state index in [0.717, 1.165) is 25.7 Å². The van der Waals surface area contributed by atoms with E-state index in [9.17, 15) is 4.79 Å². The zero-order chi connectivity index (χ0) is 15.2. The van der Waals surface area contributed by atoms with E-state index in [1.165, 1.54) is 0 Å². The zero-order valence-corrected chi connectivity index (χ0v) is 13.6. The molecule has 0 spiro atoms. The van der Waals surface area contributed by atoms with E-state index in [-0.39, 0.29) is 29.9 Å². The normalized spacial score (nSPS) is 45.4. The summed E-state index contributed by atoms with van der Waals surface area (Å²) < 4.78 is 17.9. The first-order valence-corrected chi connectivity index (χ1v) is 8.35. The Balaban J connectivity index is 1.87. The molecule has 0 aromatic heterocycles. The van der Waals surface area contributed by atoms with Gasteiger partial charge in [-0.25, -0.2) is 0 Å². The van der Waals surface area contributed by atoms with Gasteiger partial charge in [-0.1, -0.05) is 13.3 Å². The second-order valence-corrected chi connectivity index (χ2v) is 7.53. The van der Waals surface area contributed by atoms with Gasteiger partial charge < -0.3 is 14.2 Å². The van der Waals surface area contributed by atoms with E-state index in [0.29, 0.717) is 24.2 Å². The van der Waals surface area contributed by atoms with Crippen molar-refractivity contribution >= 4 is 5.97 Å². The number of fused-ring (bicyclic) bond motifs is 3. The smallest absolute Gasteiger partial charge is 0.306 e. The summed E-state index contributed by atoms with van der Waals surface area (Å²) in [6.07, 6.45) is 4.88. The molecule has 2 heterocycles. The number of methoxy groups -OCH3 is 1. The summed E-state index contributed by atoms with van der Waals surface area (Å²) in [6.45, 7) is 6.47. The van der Waals surface area contributed by atoms with Crippen LogP contribution in [0.1, 0.15) is 52.9 Å². The molecule has 0 bridgehead atoms. The summed E-state index contributed by atoms with van der Waals surface area (Å²) >= 11 is 0. The summed E-state index contributed by atoms with van der Waals surface area (Å²) in [5.41, 5.74) is -0.0743. The highest BCUT2D eigenvalue weighted by Crippen LogP contribution is 2.49. The summed E-state index contributed by atoms with van der Waals surface area (Å²) in [5, 5.41) is 0. The Kier molecular flexibility index (Phi) is 4.04. The number of ether oxygens (including phenoxy) is 3. The van der Waals surface area contributed by atoms with Crippen LogP contribution in [-0.2, 0) is 19.0 Å². The van der Waals surface area contributed by atoms with E-state index in [1.54, 1.807) is 7.11 Å². The maximum Gasteiger partial charge on any atom is 0.306 e. The van der Waals surface area contributed by atoms with Crippen LogP contribution in [0.25, 0.3) is 0 Å². The monoisotopic (exact) mass is 296 g/mol. The minimum Gasteiger partial charge on any atom is -0.462 e. The molecule has 3 fully saturated rings. The highest BCUT2D eigenvalue weighted by atomic mass is 16.6. The highest BCUT2D eigenvalue weighted by Gasteiger charge is 2.54. The molecule has 0 N–H and O–H groups in total. The van der Waals surface area contributed by atoms with E-state index in [2.05, 4.69) is 20.8 Å². The molecule has 3 aliphatic rings. The van der Waals surface area contributed by atoms with Gasteiger partial charge in [0.1, 0.15) is 6.10 Å². The fourth-order valence-corrected chi connectivity index (χ4v) is 4.70. The molecule has 1 saturated carbocycles. The van der Waals surface area contributed by atoms with Gasteiger partial charge in [-0.3, -0.25) is 4.79 Å². The van der Waals surface area contributed by atoms with Crippen LogP contribution in [0.5, 0.6) is 0 Å². The Bertz CT molecular complexity index is 406. The minimum absolute atomic E-state index is 0.0176. The van der Waals surface area contributed by atoms with Crippen LogP contribution in [0.15, 0.2) is 0 Å². The lowest BCUT2D eigenvalue weighted by Gasteiger charge is -2.54. The number of rotatable bonds is 2. The molecule has 0 radical (unpaired) electrons. The summed E-state index contributed by atoms with van der Waals surface area (Å²) in [6, 6.07) is 0. The Hall–Kier alpha value is -0.610. The molecule has 6 atom stereocenters. The SMILES string of the molecule is CCC1CC(=O)OC2C3CCC(C)(C)OC3CC(OC)C12. The molecule has 0 aromatic rings. The highest BCUT2D eigenvalue weighted by molar-refractivity contribution is 5.71. The third-order valence-electron chi connectivity index (χ3n) is 5.79. The van der Waals surface area contributed by atoms with Crippen molar-refractivity contribution in [1.82, 2.24) is 0 Å².